The van der Waals surface area contributed by atoms with Crippen molar-refractivity contribution in [3.63, 3.8) is 0 Å². The Balaban J connectivity index is 3.61. The van der Waals surface area contributed by atoms with E-state index in [-0.39, 0.29) is 12.4 Å². The molecule has 0 aliphatic carbocycles. The minimum Gasteiger partial charge on any atom is -0.481 e. The van der Waals surface area contributed by atoms with Crippen molar-refractivity contribution in [3.8, 4) is 0 Å². The minimum atomic E-state index is -0.952. The van der Waals surface area contributed by atoms with Crippen molar-refractivity contribution in [3.05, 3.63) is 0 Å². The SMILES string of the molecule is CCCC(=O)OC(C)CC(=O)O. The van der Waals surface area contributed by atoms with Crippen molar-refractivity contribution >= 4 is 11.9 Å². The first kappa shape index (κ1) is 10.9. The van der Waals surface area contributed by atoms with Crippen LogP contribution in [-0.4, -0.2) is 23.1 Å². The van der Waals surface area contributed by atoms with Crippen LogP contribution in [0, 0.1) is 0 Å². The zero-order chi connectivity index (χ0) is 9.56. The van der Waals surface area contributed by atoms with Crippen molar-refractivity contribution in [1.29, 1.82) is 0 Å². The summed E-state index contributed by atoms with van der Waals surface area (Å²) in [6, 6.07) is 0. The summed E-state index contributed by atoms with van der Waals surface area (Å²) < 4.78 is 4.78. The molecule has 12 heavy (non-hydrogen) atoms. The fourth-order valence-electron chi connectivity index (χ4n) is 0.775. The molecule has 0 fully saturated rings. The van der Waals surface area contributed by atoms with E-state index in [1.807, 2.05) is 6.92 Å². The first-order valence-electron chi connectivity index (χ1n) is 3.97. The number of carbonyl (C=O) groups is 2. The summed E-state index contributed by atoms with van der Waals surface area (Å²) in [4.78, 5) is 21.0. The van der Waals surface area contributed by atoms with Gasteiger partial charge in [-0.1, -0.05) is 6.92 Å². The lowest BCUT2D eigenvalue weighted by Gasteiger charge is -2.09. The average Bonchev–Trinajstić information content (AvgIpc) is 1.84. The predicted octanol–water partition coefficient (Wildman–Crippen LogP) is 1.19. The van der Waals surface area contributed by atoms with Crippen molar-refractivity contribution in [2.24, 2.45) is 0 Å². The fourth-order valence-corrected chi connectivity index (χ4v) is 0.775. The first-order valence-corrected chi connectivity index (χ1v) is 3.97. The quantitative estimate of drug-likeness (QED) is 0.636. The molecule has 0 radical (unpaired) electrons. The van der Waals surface area contributed by atoms with Gasteiger partial charge in [0.1, 0.15) is 6.10 Å². The Morgan fingerprint density at radius 2 is 2.08 bits per heavy atom. The molecule has 0 spiro atoms. The number of carbonyl (C=O) groups excluding carboxylic acids is 1. The number of rotatable bonds is 5. The molecule has 0 saturated carbocycles. The van der Waals surface area contributed by atoms with Crippen LogP contribution in [-0.2, 0) is 14.3 Å². The summed E-state index contributed by atoms with van der Waals surface area (Å²) in [7, 11) is 0. The topological polar surface area (TPSA) is 63.6 Å². The van der Waals surface area contributed by atoms with E-state index in [4.69, 9.17) is 9.84 Å². The van der Waals surface area contributed by atoms with E-state index in [1.54, 1.807) is 6.92 Å². The van der Waals surface area contributed by atoms with E-state index in [0.29, 0.717) is 6.42 Å². The number of aliphatic carboxylic acids is 1. The molecule has 4 heteroatoms. The van der Waals surface area contributed by atoms with E-state index >= 15 is 0 Å². The monoisotopic (exact) mass is 174 g/mol. The smallest absolute Gasteiger partial charge is 0.307 e. The van der Waals surface area contributed by atoms with Crippen LogP contribution in [0.15, 0.2) is 0 Å². The molecule has 0 amide bonds. The molecule has 0 aromatic heterocycles. The molecule has 1 atom stereocenters. The summed E-state index contributed by atoms with van der Waals surface area (Å²) in [6.45, 7) is 3.44. The maximum Gasteiger partial charge on any atom is 0.307 e. The predicted molar refractivity (Wildman–Crippen MR) is 42.7 cm³/mol. The molecule has 1 N–H and O–H groups in total. The van der Waals surface area contributed by atoms with E-state index in [1.165, 1.54) is 0 Å². The van der Waals surface area contributed by atoms with E-state index in [0.717, 1.165) is 6.42 Å². The summed E-state index contributed by atoms with van der Waals surface area (Å²) >= 11 is 0. The highest BCUT2D eigenvalue weighted by molar-refractivity contribution is 5.71. The van der Waals surface area contributed by atoms with Crippen LogP contribution >= 0.6 is 0 Å². The third kappa shape index (κ3) is 5.70. The second kappa shape index (κ2) is 5.57. The third-order valence-corrected chi connectivity index (χ3v) is 1.25. The average molecular weight is 174 g/mol. The van der Waals surface area contributed by atoms with Gasteiger partial charge in [-0.2, -0.15) is 0 Å². The highest BCUT2D eigenvalue weighted by Crippen LogP contribution is 2.00. The van der Waals surface area contributed by atoms with Crippen LogP contribution in [0.25, 0.3) is 0 Å². The number of carboxylic acids is 1. The Morgan fingerprint density at radius 3 is 2.50 bits per heavy atom. The summed E-state index contributed by atoms with van der Waals surface area (Å²) in [5, 5.41) is 8.34. The van der Waals surface area contributed by atoms with Crippen LogP contribution in [0.5, 0.6) is 0 Å². The molecule has 0 aliphatic heterocycles. The molecule has 0 aromatic carbocycles. The second-order valence-corrected chi connectivity index (χ2v) is 2.65. The molecule has 0 aliphatic rings. The Labute approximate surface area is 71.5 Å². The van der Waals surface area contributed by atoms with Gasteiger partial charge in [-0.15, -0.1) is 0 Å². The number of esters is 1. The molecule has 0 rings (SSSR count). The lowest BCUT2D eigenvalue weighted by Crippen LogP contribution is -2.17. The number of carboxylic acid groups (broad SMARTS) is 1. The van der Waals surface area contributed by atoms with Gasteiger partial charge in [0.2, 0.25) is 0 Å². The Hall–Kier alpha value is -1.06. The maximum atomic E-state index is 10.8. The Kier molecular flexibility index (Phi) is 5.08. The molecule has 0 aromatic rings. The Morgan fingerprint density at radius 1 is 1.50 bits per heavy atom. The lowest BCUT2D eigenvalue weighted by atomic mass is 10.3. The van der Waals surface area contributed by atoms with E-state index in [9.17, 15) is 9.59 Å². The largest absolute Gasteiger partial charge is 0.481 e. The molecule has 70 valence electrons. The van der Waals surface area contributed by atoms with Crippen LogP contribution < -0.4 is 0 Å². The summed E-state index contributed by atoms with van der Waals surface area (Å²) in [5.74, 6) is -1.28. The molecular weight excluding hydrogens is 160 g/mol. The van der Waals surface area contributed by atoms with E-state index < -0.39 is 12.1 Å². The van der Waals surface area contributed by atoms with Crippen LogP contribution in [0.1, 0.15) is 33.1 Å². The van der Waals surface area contributed by atoms with Gasteiger partial charge >= 0.3 is 11.9 Å². The summed E-state index contributed by atoms with van der Waals surface area (Å²) in [6.07, 6.45) is 0.416. The second-order valence-electron chi connectivity index (χ2n) is 2.65. The van der Waals surface area contributed by atoms with Gasteiger partial charge in [0.15, 0.2) is 0 Å². The van der Waals surface area contributed by atoms with Gasteiger partial charge in [0.05, 0.1) is 6.42 Å². The number of hydrogen-bond donors (Lipinski definition) is 1. The van der Waals surface area contributed by atoms with Crippen LogP contribution in [0.2, 0.25) is 0 Å². The van der Waals surface area contributed by atoms with Crippen LogP contribution in [0.4, 0.5) is 0 Å². The van der Waals surface area contributed by atoms with Gasteiger partial charge in [-0.05, 0) is 13.3 Å². The fraction of sp³-hybridized carbons (Fsp3) is 0.750. The standard InChI is InChI=1S/C8H14O4/c1-3-4-8(11)12-6(2)5-7(9)10/h6H,3-5H2,1-2H3,(H,9,10). The lowest BCUT2D eigenvalue weighted by molar-refractivity contribution is -0.151. The van der Waals surface area contributed by atoms with Crippen molar-refractivity contribution in [2.75, 3.05) is 0 Å². The van der Waals surface area contributed by atoms with E-state index in [2.05, 4.69) is 0 Å². The van der Waals surface area contributed by atoms with Gasteiger partial charge < -0.3 is 9.84 Å². The maximum absolute atomic E-state index is 10.8. The normalized spacial score (nSPS) is 12.2. The zero-order valence-corrected chi connectivity index (χ0v) is 7.37. The minimum absolute atomic E-state index is 0.130. The number of ether oxygens (including phenoxy) is 1. The first-order chi connectivity index (χ1) is 5.56. The van der Waals surface area contributed by atoms with Crippen molar-refractivity contribution < 1.29 is 19.4 Å². The van der Waals surface area contributed by atoms with Gasteiger partial charge in [0, 0.05) is 6.42 Å². The van der Waals surface area contributed by atoms with Gasteiger partial charge in [-0.25, -0.2) is 0 Å². The molecule has 0 bridgehead atoms. The van der Waals surface area contributed by atoms with Crippen molar-refractivity contribution in [2.45, 2.75) is 39.2 Å². The molecule has 0 saturated heterocycles. The molecule has 0 heterocycles. The Bertz CT molecular complexity index is 164. The molecule has 4 nitrogen and oxygen atoms in total. The van der Waals surface area contributed by atoms with Crippen LogP contribution in [0.3, 0.4) is 0 Å². The highest BCUT2D eigenvalue weighted by atomic mass is 16.5. The summed E-state index contributed by atoms with van der Waals surface area (Å²) in [5.41, 5.74) is 0. The van der Waals surface area contributed by atoms with Crippen molar-refractivity contribution in [1.82, 2.24) is 0 Å². The zero-order valence-electron chi connectivity index (χ0n) is 7.37. The third-order valence-electron chi connectivity index (χ3n) is 1.25. The number of hydrogen-bond acceptors (Lipinski definition) is 3. The van der Waals surface area contributed by atoms with Gasteiger partial charge in [0.25, 0.3) is 0 Å². The molecule has 1 unspecified atom stereocenters. The molecular formula is C8H14O4. The van der Waals surface area contributed by atoms with Gasteiger partial charge in [-0.3, -0.25) is 9.59 Å². The highest BCUT2D eigenvalue weighted by Gasteiger charge is 2.11.